The lowest BCUT2D eigenvalue weighted by Crippen LogP contribution is -2.30. The van der Waals surface area contributed by atoms with E-state index in [4.69, 9.17) is 0 Å². The molecule has 4 aromatic rings. The Hall–Kier alpha value is -2.68. The molecule has 0 unspecified atom stereocenters. The third-order valence-corrected chi connectivity index (χ3v) is 7.12. The average Bonchev–Trinajstić information content (AvgIpc) is 2.85. The van der Waals surface area contributed by atoms with Crippen LogP contribution in [-0.4, -0.2) is 13.1 Å². The molecule has 0 spiro atoms. The summed E-state index contributed by atoms with van der Waals surface area (Å²) in [6, 6.07) is 30.9. The van der Waals surface area contributed by atoms with Crippen LogP contribution in [0.5, 0.6) is 0 Å². The third-order valence-electron chi connectivity index (χ3n) is 7.12. The summed E-state index contributed by atoms with van der Waals surface area (Å²) in [5.41, 5.74) is 2.77. The van der Waals surface area contributed by atoms with Crippen LogP contribution in [0.2, 0.25) is 0 Å². The zero-order valence-electron chi connectivity index (χ0n) is 18.9. The molecule has 0 aliphatic heterocycles. The normalized spacial score (nSPS) is 18.9. The predicted octanol–water partition coefficient (Wildman–Crippen LogP) is 6.68. The minimum atomic E-state index is 0.826. The summed E-state index contributed by atoms with van der Waals surface area (Å²) in [6.07, 6.45) is 5.42. The molecule has 1 saturated carbocycles. The molecular weight excluding hydrogens is 388 g/mol. The van der Waals surface area contributed by atoms with Crippen molar-refractivity contribution in [2.45, 2.75) is 38.8 Å². The van der Waals surface area contributed by atoms with E-state index in [0.717, 1.165) is 38.0 Å². The molecule has 1 aliphatic rings. The maximum absolute atomic E-state index is 3.71. The van der Waals surface area contributed by atoms with Crippen molar-refractivity contribution in [3.8, 4) is 0 Å². The topological polar surface area (TPSA) is 24.1 Å². The van der Waals surface area contributed by atoms with Crippen LogP contribution < -0.4 is 10.6 Å². The Labute approximate surface area is 192 Å². The molecule has 0 radical (unpaired) electrons. The minimum absolute atomic E-state index is 0.826. The number of rotatable bonds is 8. The fourth-order valence-electron chi connectivity index (χ4n) is 5.18. The van der Waals surface area contributed by atoms with Crippen molar-refractivity contribution in [2.75, 3.05) is 13.1 Å². The van der Waals surface area contributed by atoms with Gasteiger partial charge in [0, 0.05) is 13.1 Å². The van der Waals surface area contributed by atoms with Crippen LogP contribution >= 0.6 is 0 Å². The van der Waals surface area contributed by atoms with E-state index in [1.807, 2.05) is 0 Å². The number of benzene rings is 4. The van der Waals surface area contributed by atoms with Gasteiger partial charge in [-0.15, -0.1) is 0 Å². The number of nitrogens with one attached hydrogen (secondary N) is 2. The highest BCUT2D eigenvalue weighted by atomic mass is 14.9. The van der Waals surface area contributed by atoms with Crippen LogP contribution in [0.1, 0.15) is 36.8 Å². The van der Waals surface area contributed by atoms with Crippen LogP contribution in [0.4, 0.5) is 0 Å². The van der Waals surface area contributed by atoms with Gasteiger partial charge in [0.05, 0.1) is 0 Å². The smallest absolute Gasteiger partial charge is 0.0205 e. The summed E-state index contributed by atoms with van der Waals surface area (Å²) in [7, 11) is 0. The average molecular weight is 423 g/mol. The maximum atomic E-state index is 3.71. The van der Waals surface area contributed by atoms with Gasteiger partial charge in [-0.2, -0.15) is 0 Å². The molecule has 0 amide bonds. The molecule has 32 heavy (non-hydrogen) atoms. The van der Waals surface area contributed by atoms with E-state index in [2.05, 4.69) is 95.6 Å². The maximum Gasteiger partial charge on any atom is 0.0205 e. The van der Waals surface area contributed by atoms with Gasteiger partial charge in [-0.05, 0) is 95.4 Å². The molecule has 1 fully saturated rings. The monoisotopic (exact) mass is 422 g/mol. The molecular formula is C30H34N2. The Morgan fingerprint density at radius 3 is 1.34 bits per heavy atom. The van der Waals surface area contributed by atoms with Gasteiger partial charge >= 0.3 is 0 Å². The van der Waals surface area contributed by atoms with E-state index in [9.17, 15) is 0 Å². The quantitative estimate of drug-likeness (QED) is 0.331. The van der Waals surface area contributed by atoms with Gasteiger partial charge in [0.2, 0.25) is 0 Å². The first kappa shape index (κ1) is 21.2. The molecule has 0 saturated heterocycles. The Bertz CT molecular complexity index is 1060. The van der Waals surface area contributed by atoms with Gasteiger partial charge in [-0.3, -0.25) is 0 Å². The molecule has 2 nitrogen and oxygen atoms in total. The van der Waals surface area contributed by atoms with E-state index in [-0.39, 0.29) is 0 Å². The fourth-order valence-corrected chi connectivity index (χ4v) is 5.18. The van der Waals surface area contributed by atoms with Crippen LogP contribution in [0.15, 0.2) is 84.9 Å². The lowest BCUT2D eigenvalue weighted by molar-refractivity contribution is 0.261. The van der Waals surface area contributed by atoms with Crippen molar-refractivity contribution in [3.63, 3.8) is 0 Å². The Morgan fingerprint density at radius 1 is 0.500 bits per heavy atom. The second-order valence-electron chi connectivity index (χ2n) is 9.51. The van der Waals surface area contributed by atoms with Crippen molar-refractivity contribution in [2.24, 2.45) is 11.8 Å². The third kappa shape index (κ3) is 5.38. The van der Waals surface area contributed by atoms with Crippen molar-refractivity contribution in [1.29, 1.82) is 0 Å². The van der Waals surface area contributed by atoms with Crippen molar-refractivity contribution >= 4 is 21.5 Å². The largest absolute Gasteiger partial charge is 0.312 e. The zero-order valence-corrected chi connectivity index (χ0v) is 18.9. The first-order valence-electron chi connectivity index (χ1n) is 12.2. The first-order valence-corrected chi connectivity index (χ1v) is 12.2. The summed E-state index contributed by atoms with van der Waals surface area (Å²) in [5, 5.41) is 12.7. The minimum Gasteiger partial charge on any atom is -0.312 e. The molecule has 2 N–H and O–H groups in total. The fraction of sp³-hybridized carbons (Fsp3) is 0.333. The number of fused-ring (bicyclic) bond motifs is 2. The SMILES string of the molecule is c1ccc2cc(CNCC3CCC(CNCc4ccc5ccccc5c4)CC3)ccc2c1. The van der Waals surface area contributed by atoms with Crippen LogP contribution in [0.3, 0.4) is 0 Å². The summed E-state index contributed by atoms with van der Waals surface area (Å²) >= 11 is 0. The first-order chi connectivity index (χ1) is 15.8. The van der Waals surface area contributed by atoms with E-state index in [1.165, 1.54) is 58.4 Å². The van der Waals surface area contributed by atoms with Crippen molar-refractivity contribution in [1.82, 2.24) is 10.6 Å². The summed E-state index contributed by atoms with van der Waals surface area (Å²) < 4.78 is 0. The predicted molar refractivity (Wildman–Crippen MR) is 137 cm³/mol. The molecule has 1 aliphatic carbocycles. The lowest BCUT2D eigenvalue weighted by Gasteiger charge is -2.29. The summed E-state index contributed by atoms with van der Waals surface area (Å²) in [5.74, 6) is 1.65. The molecule has 4 aromatic carbocycles. The van der Waals surface area contributed by atoms with Crippen LogP contribution in [0.25, 0.3) is 21.5 Å². The molecule has 5 rings (SSSR count). The number of hydrogen-bond acceptors (Lipinski definition) is 2. The highest BCUT2D eigenvalue weighted by Gasteiger charge is 2.20. The van der Waals surface area contributed by atoms with Crippen molar-refractivity contribution in [3.05, 3.63) is 96.1 Å². The highest BCUT2D eigenvalue weighted by Crippen LogP contribution is 2.28. The summed E-state index contributed by atoms with van der Waals surface area (Å²) in [4.78, 5) is 0. The van der Waals surface area contributed by atoms with Gasteiger partial charge in [-0.1, -0.05) is 72.8 Å². The van der Waals surface area contributed by atoms with Crippen LogP contribution in [0, 0.1) is 11.8 Å². The van der Waals surface area contributed by atoms with E-state index in [1.54, 1.807) is 0 Å². The zero-order chi connectivity index (χ0) is 21.6. The van der Waals surface area contributed by atoms with Gasteiger partial charge < -0.3 is 10.6 Å². The van der Waals surface area contributed by atoms with Gasteiger partial charge in [-0.25, -0.2) is 0 Å². The Kier molecular flexibility index (Phi) is 6.81. The highest BCUT2D eigenvalue weighted by molar-refractivity contribution is 5.83. The molecule has 2 heteroatoms. The lowest BCUT2D eigenvalue weighted by atomic mass is 9.82. The summed E-state index contributed by atoms with van der Waals surface area (Å²) in [6.45, 7) is 4.23. The van der Waals surface area contributed by atoms with Crippen LogP contribution in [-0.2, 0) is 13.1 Å². The van der Waals surface area contributed by atoms with Gasteiger partial charge in [0.1, 0.15) is 0 Å². The second-order valence-corrected chi connectivity index (χ2v) is 9.51. The van der Waals surface area contributed by atoms with Gasteiger partial charge in [0.15, 0.2) is 0 Å². The second kappa shape index (κ2) is 10.3. The Balaban J connectivity index is 1.01. The molecule has 0 bridgehead atoms. The standard InChI is InChI=1S/C30H34N2/c1-3-7-29-17-25(13-15-27(29)5-1)21-31-19-23-9-11-24(12-10-23)20-32-22-26-14-16-28-6-2-4-8-30(28)18-26/h1-8,13-18,23-24,31-32H,9-12,19-22H2. The van der Waals surface area contributed by atoms with E-state index in [0.29, 0.717) is 0 Å². The van der Waals surface area contributed by atoms with Crippen molar-refractivity contribution < 1.29 is 0 Å². The Morgan fingerprint density at radius 2 is 0.906 bits per heavy atom. The van der Waals surface area contributed by atoms with E-state index >= 15 is 0 Å². The van der Waals surface area contributed by atoms with E-state index < -0.39 is 0 Å². The number of hydrogen-bond donors (Lipinski definition) is 2. The molecule has 0 heterocycles. The van der Waals surface area contributed by atoms with Gasteiger partial charge in [0.25, 0.3) is 0 Å². The molecule has 164 valence electrons. The molecule has 0 atom stereocenters. The molecule has 0 aromatic heterocycles.